The molecule has 0 unspecified atom stereocenters. The molecule has 0 fully saturated rings. The van der Waals surface area contributed by atoms with Crippen molar-refractivity contribution in [2.75, 3.05) is 13.2 Å². The van der Waals surface area contributed by atoms with Crippen molar-refractivity contribution in [3.63, 3.8) is 0 Å². The first-order chi connectivity index (χ1) is 9.13. The number of amides is 1. The zero-order chi connectivity index (χ0) is 13.8. The second kappa shape index (κ2) is 6.12. The fourth-order valence-corrected chi connectivity index (χ4v) is 3.21. The van der Waals surface area contributed by atoms with Crippen LogP contribution in [0.3, 0.4) is 0 Å². The van der Waals surface area contributed by atoms with Crippen LogP contribution in [0.2, 0.25) is 0 Å². The van der Waals surface area contributed by atoms with Gasteiger partial charge in [0.25, 0.3) is 0 Å². The van der Waals surface area contributed by atoms with Crippen molar-refractivity contribution in [2.24, 2.45) is 4.99 Å². The Kier molecular flexibility index (Phi) is 4.50. The van der Waals surface area contributed by atoms with Crippen LogP contribution in [0.1, 0.15) is 19.4 Å². The van der Waals surface area contributed by atoms with Gasteiger partial charge in [0.15, 0.2) is 4.80 Å². The van der Waals surface area contributed by atoms with Crippen LogP contribution in [0.5, 0.6) is 0 Å². The van der Waals surface area contributed by atoms with Gasteiger partial charge in [0, 0.05) is 20.1 Å². The molecule has 2 rings (SSSR count). The van der Waals surface area contributed by atoms with E-state index in [9.17, 15) is 4.79 Å². The van der Waals surface area contributed by atoms with Crippen LogP contribution in [-0.4, -0.2) is 23.7 Å². The Bertz CT molecular complexity index is 655. The molecule has 5 heteroatoms. The molecule has 1 heterocycles. The van der Waals surface area contributed by atoms with Crippen molar-refractivity contribution in [1.29, 1.82) is 0 Å². The van der Waals surface area contributed by atoms with Gasteiger partial charge >= 0.3 is 0 Å². The van der Waals surface area contributed by atoms with Crippen molar-refractivity contribution in [1.82, 2.24) is 4.57 Å². The maximum atomic E-state index is 11.3. The average molecular weight is 278 g/mol. The molecule has 0 saturated heterocycles. The number of para-hydroxylation sites is 1. The second-order valence-corrected chi connectivity index (χ2v) is 5.29. The molecule has 0 radical (unpaired) electrons. The van der Waals surface area contributed by atoms with E-state index >= 15 is 0 Å². The van der Waals surface area contributed by atoms with Gasteiger partial charge in [0.1, 0.15) is 0 Å². The number of hydrogen-bond donors (Lipinski definition) is 0. The Labute approximate surface area is 116 Å². The summed E-state index contributed by atoms with van der Waals surface area (Å²) in [5.41, 5.74) is 2.34. The molecule has 4 nitrogen and oxygen atoms in total. The number of aromatic nitrogens is 1. The number of carbonyl (C=O) groups excluding carboxylic acids is 1. The summed E-state index contributed by atoms with van der Waals surface area (Å²) in [6.07, 6.45) is 0. The fraction of sp³-hybridized carbons (Fsp3) is 0.429. The zero-order valence-corrected chi connectivity index (χ0v) is 12.3. The molecule has 0 aliphatic carbocycles. The standard InChI is InChI=1S/C14H18N2O2S/c1-4-18-9-8-16-13-10(2)6-5-7-12(13)19-14(16)15-11(3)17/h5-7H,4,8-9H2,1-3H3. The third kappa shape index (κ3) is 3.11. The molecular weight excluding hydrogens is 260 g/mol. The number of benzene rings is 1. The van der Waals surface area contributed by atoms with Gasteiger partial charge in [-0.15, -0.1) is 0 Å². The summed E-state index contributed by atoms with van der Waals surface area (Å²) in [6, 6.07) is 6.16. The third-order valence-electron chi connectivity index (χ3n) is 2.82. The van der Waals surface area contributed by atoms with Crippen molar-refractivity contribution >= 4 is 27.5 Å². The molecule has 1 aromatic heterocycles. The molecule has 2 aromatic rings. The van der Waals surface area contributed by atoms with Crippen LogP contribution in [-0.2, 0) is 16.1 Å². The zero-order valence-electron chi connectivity index (χ0n) is 11.5. The first kappa shape index (κ1) is 14.0. The number of ether oxygens (including phenoxy) is 1. The van der Waals surface area contributed by atoms with E-state index < -0.39 is 0 Å². The summed E-state index contributed by atoms with van der Waals surface area (Å²) >= 11 is 1.54. The van der Waals surface area contributed by atoms with Gasteiger partial charge in [-0.2, -0.15) is 4.99 Å². The van der Waals surface area contributed by atoms with Crippen LogP contribution in [0, 0.1) is 6.92 Å². The van der Waals surface area contributed by atoms with Crippen LogP contribution in [0.15, 0.2) is 23.2 Å². The SMILES string of the molecule is CCOCCn1c(=NC(C)=O)sc2cccc(C)c21. The molecule has 19 heavy (non-hydrogen) atoms. The Morgan fingerprint density at radius 2 is 2.26 bits per heavy atom. The quantitative estimate of drug-likeness (QED) is 0.806. The summed E-state index contributed by atoms with van der Waals surface area (Å²) in [6.45, 7) is 7.56. The maximum Gasteiger partial charge on any atom is 0.245 e. The molecule has 0 aliphatic rings. The Hall–Kier alpha value is -1.46. The van der Waals surface area contributed by atoms with E-state index in [0.717, 1.165) is 15.0 Å². The monoisotopic (exact) mass is 278 g/mol. The normalized spacial score (nSPS) is 12.3. The lowest BCUT2D eigenvalue weighted by Crippen LogP contribution is -2.19. The van der Waals surface area contributed by atoms with Gasteiger partial charge in [-0.1, -0.05) is 23.5 Å². The number of hydrogen-bond acceptors (Lipinski definition) is 3. The highest BCUT2D eigenvalue weighted by Gasteiger charge is 2.08. The smallest absolute Gasteiger partial charge is 0.245 e. The molecule has 0 bridgehead atoms. The first-order valence-electron chi connectivity index (χ1n) is 6.35. The van der Waals surface area contributed by atoms with Crippen LogP contribution in [0.25, 0.3) is 10.2 Å². The lowest BCUT2D eigenvalue weighted by Gasteiger charge is -2.07. The van der Waals surface area contributed by atoms with Gasteiger partial charge < -0.3 is 9.30 Å². The second-order valence-electron chi connectivity index (χ2n) is 4.29. The maximum absolute atomic E-state index is 11.3. The van der Waals surface area contributed by atoms with E-state index in [1.54, 1.807) is 11.3 Å². The predicted octanol–water partition coefficient (Wildman–Crippen LogP) is 2.49. The minimum atomic E-state index is -0.172. The van der Waals surface area contributed by atoms with E-state index in [2.05, 4.69) is 28.6 Å². The van der Waals surface area contributed by atoms with Crippen molar-refractivity contribution in [2.45, 2.75) is 27.3 Å². The minimum Gasteiger partial charge on any atom is -0.380 e. The highest BCUT2D eigenvalue weighted by Crippen LogP contribution is 2.20. The average Bonchev–Trinajstić information content (AvgIpc) is 2.68. The van der Waals surface area contributed by atoms with E-state index in [4.69, 9.17) is 4.74 Å². The molecule has 0 saturated carbocycles. The van der Waals surface area contributed by atoms with Crippen molar-refractivity contribution < 1.29 is 9.53 Å². The van der Waals surface area contributed by atoms with Crippen molar-refractivity contribution in [3.8, 4) is 0 Å². The lowest BCUT2D eigenvalue weighted by molar-refractivity contribution is -0.116. The predicted molar refractivity (Wildman–Crippen MR) is 77.3 cm³/mol. The molecule has 1 aromatic carbocycles. The Balaban J connectivity index is 2.57. The van der Waals surface area contributed by atoms with Gasteiger partial charge in [0.2, 0.25) is 5.91 Å². The Morgan fingerprint density at radius 3 is 2.95 bits per heavy atom. The van der Waals surface area contributed by atoms with Crippen LogP contribution < -0.4 is 4.80 Å². The summed E-state index contributed by atoms with van der Waals surface area (Å²) in [7, 11) is 0. The number of aryl methyl sites for hydroxylation is 1. The molecule has 0 aliphatic heterocycles. The number of nitrogens with zero attached hydrogens (tertiary/aromatic N) is 2. The fourth-order valence-electron chi connectivity index (χ4n) is 2.03. The van der Waals surface area contributed by atoms with Gasteiger partial charge in [0.05, 0.1) is 16.8 Å². The molecule has 0 N–H and O–H groups in total. The molecule has 0 atom stereocenters. The third-order valence-corrected chi connectivity index (χ3v) is 3.86. The van der Waals surface area contributed by atoms with E-state index in [1.165, 1.54) is 12.5 Å². The van der Waals surface area contributed by atoms with Crippen LogP contribution in [0.4, 0.5) is 0 Å². The van der Waals surface area contributed by atoms with Gasteiger partial charge in [-0.3, -0.25) is 4.79 Å². The molecule has 102 valence electrons. The number of carbonyl (C=O) groups is 1. The highest BCUT2D eigenvalue weighted by molar-refractivity contribution is 7.16. The Morgan fingerprint density at radius 1 is 1.47 bits per heavy atom. The van der Waals surface area contributed by atoms with E-state index in [-0.39, 0.29) is 5.91 Å². The number of rotatable bonds is 4. The van der Waals surface area contributed by atoms with E-state index in [0.29, 0.717) is 19.8 Å². The first-order valence-corrected chi connectivity index (χ1v) is 7.17. The summed E-state index contributed by atoms with van der Waals surface area (Å²) in [5.74, 6) is -0.172. The topological polar surface area (TPSA) is 43.6 Å². The summed E-state index contributed by atoms with van der Waals surface area (Å²) in [5, 5.41) is 0. The molecular formula is C14H18N2O2S. The lowest BCUT2D eigenvalue weighted by atomic mass is 10.2. The molecule has 0 spiro atoms. The molecule has 1 amide bonds. The summed E-state index contributed by atoms with van der Waals surface area (Å²) in [4.78, 5) is 16.1. The minimum absolute atomic E-state index is 0.172. The summed E-state index contributed by atoms with van der Waals surface area (Å²) < 4.78 is 8.64. The van der Waals surface area contributed by atoms with Crippen molar-refractivity contribution in [3.05, 3.63) is 28.6 Å². The van der Waals surface area contributed by atoms with Gasteiger partial charge in [-0.05, 0) is 25.5 Å². The largest absolute Gasteiger partial charge is 0.380 e. The van der Waals surface area contributed by atoms with E-state index in [1.807, 2.05) is 13.0 Å². The van der Waals surface area contributed by atoms with Crippen LogP contribution >= 0.6 is 11.3 Å². The highest BCUT2D eigenvalue weighted by atomic mass is 32.1. The van der Waals surface area contributed by atoms with Gasteiger partial charge in [-0.25, -0.2) is 0 Å². The number of fused-ring (bicyclic) bond motifs is 1. The number of thiazole rings is 1.